The van der Waals surface area contributed by atoms with E-state index in [0.29, 0.717) is 5.82 Å². The first kappa shape index (κ1) is 13.6. The standard InChI is InChI=1S/C10H13F3N4O2/c1-6(14-9(18)19-5-10(11,12)13)8-16-15-7-3-2-4-17(7)8/h6H,2-5H2,1H3,(H,14,18). The third-order valence-corrected chi connectivity index (χ3v) is 2.73. The number of aromatic nitrogens is 3. The fourth-order valence-electron chi connectivity index (χ4n) is 1.92. The Hall–Kier alpha value is -1.80. The molecule has 1 unspecified atom stereocenters. The molecule has 106 valence electrons. The smallest absolute Gasteiger partial charge is 0.422 e. The van der Waals surface area contributed by atoms with E-state index in [2.05, 4.69) is 20.3 Å². The Morgan fingerprint density at radius 2 is 2.26 bits per heavy atom. The highest BCUT2D eigenvalue weighted by atomic mass is 19.4. The van der Waals surface area contributed by atoms with Crippen LogP contribution in [0.5, 0.6) is 0 Å². The lowest BCUT2D eigenvalue weighted by Crippen LogP contribution is -2.32. The number of amides is 1. The largest absolute Gasteiger partial charge is 0.440 e. The highest BCUT2D eigenvalue weighted by Gasteiger charge is 2.30. The van der Waals surface area contributed by atoms with Crippen LogP contribution >= 0.6 is 0 Å². The van der Waals surface area contributed by atoms with E-state index in [1.54, 1.807) is 6.92 Å². The molecule has 0 bridgehead atoms. The highest BCUT2D eigenvalue weighted by molar-refractivity contribution is 5.67. The molecule has 0 radical (unpaired) electrons. The molecule has 1 aliphatic rings. The first-order valence-electron chi connectivity index (χ1n) is 5.79. The summed E-state index contributed by atoms with van der Waals surface area (Å²) in [5, 5.41) is 10.2. The van der Waals surface area contributed by atoms with Gasteiger partial charge in [-0.2, -0.15) is 13.2 Å². The maximum Gasteiger partial charge on any atom is 0.422 e. The summed E-state index contributed by atoms with van der Waals surface area (Å²) in [6.45, 7) is 0.759. The van der Waals surface area contributed by atoms with Crippen molar-refractivity contribution in [3.05, 3.63) is 11.6 Å². The first-order chi connectivity index (χ1) is 8.87. The topological polar surface area (TPSA) is 69.0 Å². The summed E-state index contributed by atoms with van der Waals surface area (Å²) in [5.74, 6) is 1.35. The van der Waals surface area contributed by atoms with Crippen LogP contribution in [0.15, 0.2) is 0 Å². The van der Waals surface area contributed by atoms with Gasteiger partial charge in [-0.05, 0) is 13.3 Å². The second-order valence-corrected chi connectivity index (χ2v) is 4.29. The molecule has 0 aromatic carbocycles. The Labute approximate surface area is 106 Å². The molecule has 0 saturated heterocycles. The summed E-state index contributed by atoms with van der Waals surface area (Å²) in [4.78, 5) is 11.2. The summed E-state index contributed by atoms with van der Waals surface area (Å²) < 4.78 is 41.5. The number of nitrogens with zero attached hydrogens (tertiary/aromatic N) is 3. The van der Waals surface area contributed by atoms with Crippen molar-refractivity contribution < 1.29 is 22.7 Å². The molecule has 9 heteroatoms. The summed E-state index contributed by atoms with van der Waals surface area (Å²) in [6.07, 6.45) is -3.89. The highest BCUT2D eigenvalue weighted by Crippen LogP contribution is 2.19. The van der Waals surface area contributed by atoms with Crippen LogP contribution in [0.1, 0.15) is 31.0 Å². The van der Waals surface area contributed by atoms with Gasteiger partial charge in [-0.15, -0.1) is 10.2 Å². The number of carbonyl (C=O) groups is 1. The molecule has 0 aliphatic carbocycles. The first-order valence-corrected chi connectivity index (χ1v) is 5.79. The van der Waals surface area contributed by atoms with Crippen LogP contribution in [0.3, 0.4) is 0 Å². The lowest BCUT2D eigenvalue weighted by Gasteiger charge is -2.14. The van der Waals surface area contributed by atoms with Crippen LogP contribution < -0.4 is 5.32 Å². The van der Waals surface area contributed by atoms with Crippen LogP contribution in [0, 0.1) is 0 Å². The average molecular weight is 278 g/mol. The Morgan fingerprint density at radius 3 is 2.95 bits per heavy atom. The monoisotopic (exact) mass is 278 g/mol. The third kappa shape index (κ3) is 3.36. The minimum Gasteiger partial charge on any atom is -0.440 e. The normalized spacial score (nSPS) is 16.0. The lowest BCUT2D eigenvalue weighted by molar-refractivity contribution is -0.160. The number of ether oxygens (including phenoxy) is 1. The molecule has 0 saturated carbocycles. The Morgan fingerprint density at radius 1 is 1.53 bits per heavy atom. The van der Waals surface area contributed by atoms with E-state index in [9.17, 15) is 18.0 Å². The fourth-order valence-corrected chi connectivity index (χ4v) is 1.92. The van der Waals surface area contributed by atoms with E-state index < -0.39 is 24.9 Å². The van der Waals surface area contributed by atoms with Crippen molar-refractivity contribution in [1.29, 1.82) is 0 Å². The second kappa shape index (κ2) is 5.06. The number of fused-ring (bicyclic) bond motifs is 1. The molecule has 19 heavy (non-hydrogen) atoms. The number of carbonyl (C=O) groups excluding carboxylic acids is 1. The second-order valence-electron chi connectivity index (χ2n) is 4.29. The number of rotatable bonds is 3. The minimum atomic E-state index is -4.53. The van der Waals surface area contributed by atoms with Crippen LogP contribution in [-0.4, -0.2) is 33.6 Å². The van der Waals surface area contributed by atoms with Gasteiger partial charge in [0.1, 0.15) is 5.82 Å². The summed E-state index contributed by atoms with van der Waals surface area (Å²) in [6, 6.07) is -0.555. The predicted molar refractivity (Wildman–Crippen MR) is 57.3 cm³/mol. The van der Waals surface area contributed by atoms with Crippen molar-refractivity contribution in [2.75, 3.05) is 6.61 Å². The van der Waals surface area contributed by atoms with Crippen molar-refractivity contribution in [3.8, 4) is 0 Å². The van der Waals surface area contributed by atoms with E-state index in [-0.39, 0.29) is 0 Å². The van der Waals surface area contributed by atoms with Gasteiger partial charge in [-0.3, -0.25) is 0 Å². The van der Waals surface area contributed by atoms with E-state index in [4.69, 9.17) is 0 Å². The van der Waals surface area contributed by atoms with Gasteiger partial charge in [-0.25, -0.2) is 4.79 Å². The van der Waals surface area contributed by atoms with E-state index >= 15 is 0 Å². The zero-order valence-corrected chi connectivity index (χ0v) is 10.2. The predicted octanol–water partition coefficient (Wildman–Crippen LogP) is 1.57. The minimum absolute atomic E-state index is 0.524. The average Bonchev–Trinajstić information content (AvgIpc) is 2.86. The van der Waals surface area contributed by atoms with E-state index in [1.165, 1.54) is 0 Å². The van der Waals surface area contributed by atoms with E-state index in [1.807, 2.05) is 4.57 Å². The summed E-state index contributed by atoms with van der Waals surface area (Å²) >= 11 is 0. The molecular weight excluding hydrogens is 265 g/mol. The van der Waals surface area contributed by atoms with Crippen LogP contribution in [0.2, 0.25) is 0 Å². The summed E-state index contributed by atoms with van der Waals surface area (Å²) in [5.41, 5.74) is 0. The number of alkyl carbamates (subject to hydrolysis) is 1. The molecule has 2 heterocycles. The Kier molecular flexibility index (Phi) is 3.63. The molecular formula is C10H13F3N4O2. The van der Waals surface area contributed by atoms with Crippen LogP contribution in [0.4, 0.5) is 18.0 Å². The summed E-state index contributed by atoms with van der Waals surface area (Å²) in [7, 11) is 0. The molecule has 1 amide bonds. The van der Waals surface area contributed by atoms with Crippen molar-refractivity contribution in [1.82, 2.24) is 20.1 Å². The Balaban J connectivity index is 1.90. The van der Waals surface area contributed by atoms with Gasteiger partial charge in [0.2, 0.25) is 0 Å². The molecule has 0 spiro atoms. The van der Waals surface area contributed by atoms with Crippen LogP contribution in [-0.2, 0) is 17.7 Å². The van der Waals surface area contributed by atoms with Gasteiger partial charge in [-0.1, -0.05) is 0 Å². The van der Waals surface area contributed by atoms with Crippen molar-refractivity contribution in [2.24, 2.45) is 0 Å². The number of halogens is 3. The number of hydrogen-bond acceptors (Lipinski definition) is 4. The Bertz CT molecular complexity index is 472. The maximum atomic E-state index is 11.9. The van der Waals surface area contributed by atoms with Crippen molar-refractivity contribution in [2.45, 2.75) is 38.5 Å². The van der Waals surface area contributed by atoms with E-state index in [0.717, 1.165) is 25.2 Å². The SMILES string of the molecule is CC(NC(=O)OCC(F)(F)F)c1nnc2n1CCC2. The number of hydrogen-bond donors (Lipinski definition) is 1. The molecule has 2 rings (SSSR count). The van der Waals surface area contributed by atoms with Gasteiger partial charge in [0.15, 0.2) is 12.4 Å². The van der Waals surface area contributed by atoms with Crippen molar-refractivity contribution >= 4 is 6.09 Å². The molecule has 6 nitrogen and oxygen atoms in total. The third-order valence-electron chi connectivity index (χ3n) is 2.73. The molecule has 1 N–H and O–H groups in total. The molecule has 1 atom stereocenters. The van der Waals surface area contributed by atoms with Gasteiger partial charge in [0, 0.05) is 13.0 Å². The number of aryl methyl sites for hydroxylation is 1. The van der Waals surface area contributed by atoms with Crippen molar-refractivity contribution in [3.63, 3.8) is 0 Å². The molecule has 1 aromatic rings. The molecule has 1 aliphatic heterocycles. The van der Waals surface area contributed by atoms with Gasteiger partial charge in [0.25, 0.3) is 0 Å². The number of alkyl halides is 3. The zero-order chi connectivity index (χ0) is 14.0. The van der Waals surface area contributed by atoms with Gasteiger partial charge >= 0.3 is 12.3 Å². The zero-order valence-electron chi connectivity index (χ0n) is 10.2. The van der Waals surface area contributed by atoms with Gasteiger partial charge in [0.05, 0.1) is 6.04 Å². The molecule has 1 aromatic heterocycles. The van der Waals surface area contributed by atoms with Gasteiger partial charge < -0.3 is 14.6 Å². The quantitative estimate of drug-likeness (QED) is 0.911. The number of nitrogens with one attached hydrogen (secondary N) is 1. The maximum absolute atomic E-state index is 11.9. The molecule has 0 fully saturated rings. The fraction of sp³-hybridized carbons (Fsp3) is 0.700. The van der Waals surface area contributed by atoms with Crippen LogP contribution in [0.25, 0.3) is 0 Å². The lowest BCUT2D eigenvalue weighted by atomic mass is 10.3.